The first kappa shape index (κ1) is 19.4. The molecule has 3 aromatic rings. The van der Waals surface area contributed by atoms with Crippen LogP contribution in [-0.2, 0) is 22.4 Å². The number of rotatable bonds is 5. The predicted octanol–water partition coefficient (Wildman–Crippen LogP) is 4.39. The van der Waals surface area contributed by atoms with Crippen molar-refractivity contribution >= 4 is 12.1 Å². The summed E-state index contributed by atoms with van der Waals surface area (Å²) in [6.45, 7) is 0.244. The van der Waals surface area contributed by atoms with E-state index in [1.807, 2.05) is 48.5 Å². The molecule has 0 radical (unpaired) electrons. The van der Waals surface area contributed by atoms with Gasteiger partial charge in [-0.05, 0) is 46.2 Å². The fourth-order valence-electron chi connectivity index (χ4n) is 4.94. The number of ether oxygens (including phenoxy) is 1. The van der Waals surface area contributed by atoms with Crippen molar-refractivity contribution in [2.75, 3.05) is 13.2 Å². The van der Waals surface area contributed by atoms with Crippen LogP contribution in [0, 0.1) is 5.41 Å². The smallest absolute Gasteiger partial charge is 0.407 e. The van der Waals surface area contributed by atoms with Crippen LogP contribution in [0.2, 0.25) is 0 Å². The number of nitrogens with one attached hydrogen (secondary N) is 1. The summed E-state index contributed by atoms with van der Waals surface area (Å²) >= 11 is 0. The van der Waals surface area contributed by atoms with Crippen LogP contribution in [0.1, 0.15) is 28.2 Å². The predicted molar refractivity (Wildman–Crippen MR) is 117 cm³/mol. The first-order chi connectivity index (χ1) is 15.1. The van der Waals surface area contributed by atoms with Gasteiger partial charge in [-0.2, -0.15) is 0 Å². The summed E-state index contributed by atoms with van der Waals surface area (Å²) in [5, 5.41) is 12.6. The van der Waals surface area contributed by atoms with Crippen molar-refractivity contribution in [3.63, 3.8) is 0 Å². The third-order valence-corrected chi connectivity index (χ3v) is 6.54. The van der Waals surface area contributed by atoms with Gasteiger partial charge in [0.15, 0.2) is 0 Å². The zero-order valence-electron chi connectivity index (χ0n) is 17.0. The van der Waals surface area contributed by atoms with E-state index in [1.165, 1.54) is 11.1 Å². The van der Waals surface area contributed by atoms with E-state index in [9.17, 15) is 14.7 Å². The minimum Gasteiger partial charge on any atom is -0.481 e. The maximum absolute atomic E-state index is 12.5. The molecule has 5 rings (SSSR count). The Labute approximate surface area is 180 Å². The van der Waals surface area contributed by atoms with E-state index in [-0.39, 0.29) is 19.1 Å². The van der Waals surface area contributed by atoms with Crippen molar-refractivity contribution in [1.29, 1.82) is 0 Å². The van der Waals surface area contributed by atoms with Crippen molar-refractivity contribution in [3.05, 3.63) is 95.1 Å². The summed E-state index contributed by atoms with van der Waals surface area (Å²) in [6, 6.07) is 24.0. The molecule has 0 bridgehead atoms. The second-order valence-electron chi connectivity index (χ2n) is 8.39. The molecule has 0 fully saturated rings. The molecule has 0 aromatic heterocycles. The molecule has 0 saturated carbocycles. The van der Waals surface area contributed by atoms with Gasteiger partial charge in [-0.25, -0.2) is 4.79 Å². The Balaban J connectivity index is 1.25. The fourth-order valence-corrected chi connectivity index (χ4v) is 4.94. The number of carbonyl (C=O) groups is 2. The highest BCUT2D eigenvalue weighted by molar-refractivity contribution is 5.80. The monoisotopic (exact) mass is 413 g/mol. The maximum atomic E-state index is 12.5. The van der Waals surface area contributed by atoms with Crippen LogP contribution in [-0.4, -0.2) is 30.3 Å². The summed E-state index contributed by atoms with van der Waals surface area (Å²) in [7, 11) is 0. The molecule has 0 heterocycles. The van der Waals surface area contributed by atoms with E-state index in [0.29, 0.717) is 12.8 Å². The van der Waals surface area contributed by atoms with Crippen LogP contribution >= 0.6 is 0 Å². The van der Waals surface area contributed by atoms with Crippen molar-refractivity contribution in [2.24, 2.45) is 5.41 Å². The van der Waals surface area contributed by atoms with E-state index in [1.54, 1.807) is 0 Å². The summed E-state index contributed by atoms with van der Waals surface area (Å²) < 4.78 is 5.56. The van der Waals surface area contributed by atoms with Gasteiger partial charge in [-0.3, -0.25) is 4.79 Å². The molecule has 5 heteroatoms. The minimum absolute atomic E-state index is 0.0256. The SMILES string of the molecule is O=C(NCC1(C(=O)O)Cc2ccccc2C1)OCC1c2ccccc2-c2ccccc21. The Hall–Kier alpha value is -3.60. The van der Waals surface area contributed by atoms with E-state index in [0.717, 1.165) is 22.3 Å². The summed E-state index contributed by atoms with van der Waals surface area (Å²) in [5.74, 6) is -0.926. The lowest BCUT2D eigenvalue weighted by Gasteiger charge is -2.24. The molecule has 0 unspecified atom stereocenters. The number of aliphatic carboxylic acids is 1. The third kappa shape index (κ3) is 3.36. The molecule has 0 atom stereocenters. The molecule has 2 aliphatic rings. The van der Waals surface area contributed by atoms with Gasteiger partial charge in [-0.15, -0.1) is 0 Å². The van der Waals surface area contributed by atoms with Crippen molar-refractivity contribution in [3.8, 4) is 11.1 Å². The number of benzene rings is 3. The molecule has 1 amide bonds. The lowest BCUT2D eigenvalue weighted by atomic mass is 9.85. The van der Waals surface area contributed by atoms with Crippen LogP contribution in [0.25, 0.3) is 11.1 Å². The third-order valence-electron chi connectivity index (χ3n) is 6.54. The standard InChI is InChI=1S/C26H23NO4/c28-24(29)26(13-17-7-1-2-8-18(17)14-26)16-27-25(30)31-15-23-21-11-5-3-9-19(21)20-10-4-6-12-22(20)23/h1-12,23H,13-16H2,(H,27,30)(H,28,29). The topological polar surface area (TPSA) is 75.6 Å². The van der Waals surface area contributed by atoms with E-state index in [4.69, 9.17) is 4.74 Å². The van der Waals surface area contributed by atoms with Gasteiger partial charge < -0.3 is 15.2 Å². The highest BCUT2D eigenvalue weighted by atomic mass is 16.5. The molecule has 2 N–H and O–H groups in total. The lowest BCUT2D eigenvalue weighted by Crippen LogP contribution is -2.44. The molecule has 5 nitrogen and oxygen atoms in total. The number of carbonyl (C=O) groups excluding carboxylic acids is 1. The van der Waals surface area contributed by atoms with E-state index >= 15 is 0 Å². The van der Waals surface area contributed by atoms with Gasteiger partial charge in [0, 0.05) is 12.5 Å². The Morgan fingerprint density at radius 1 is 0.871 bits per heavy atom. The van der Waals surface area contributed by atoms with Crippen molar-refractivity contribution in [2.45, 2.75) is 18.8 Å². The van der Waals surface area contributed by atoms with Gasteiger partial charge >= 0.3 is 12.1 Å². The number of fused-ring (bicyclic) bond motifs is 4. The summed E-state index contributed by atoms with van der Waals surface area (Å²) in [4.78, 5) is 24.5. The van der Waals surface area contributed by atoms with Crippen LogP contribution in [0.4, 0.5) is 4.79 Å². The van der Waals surface area contributed by atoms with E-state index in [2.05, 4.69) is 29.6 Å². The van der Waals surface area contributed by atoms with Crippen molar-refractivity contribution < 1.29 is 19.4 Å². The molecule has 0 spiro atoms. The zero-order chi connectivity index (χ0) is 21.4. The highest BCUT2D eigenvalue weighted by Crippen LogP contribution is 2.44. The fraction of sp³-hybridized carbons (Fsp3) is 0.231. The van der Waals surface area contributed by atoms with Crippen molar-refractivity contribution in [1.82, 2.24) is 5.32 Å². The van der Waals surface area contributed by atoms with Gasteiger partial charge in [0.1, 0.15) is 6.61 Å². The molecular weight excluding hydrogens is 390 g/mol. The number of amides is 1. The maximum Gasteiger partial charge on any atom is 0.407 e. The number of hydrogen-bond donors (Lipinski definition) is 2. The Morgan fingerprint density at radius 2 is 1.39 bits per heavy atom. The number of hydrogen-bond acceptors (Lipinski definition) is 3. The van der Waals surface area contributed by atoms with Crippen LogP contribution in [0.3, 0.4) is 0 Å². The van der Waals surface area contributed by atoms with E-state index < -0.39 is 17.5 Å². The molecule has 2 aliphatic carbocycles. The first-order valence-electron chi connectivity index (χ1n) is 10.5. The highest BCUT2D eigenvalue weighted by Gasteiger charge is 2.44. The Kier molecular flexibility index (Phi) is 4.74. The number of carboxylic acids is 1. The summed E-state index contributed by atoms with van der Waals surface area (Å²) in [6.07, 6.45) is 0.225. The largest absolute Gasteiger partial charge is 0.481 e. The summed E-state index contributed by atoms with van der Waals surface area (Å²) in [5.41, 5.74) is 5.64. The number of alkyl carbamates (subject to hydrolysis) is 1. The minimum atomic E-state index is -1.03. The van der Waals surface area contributed by atoms with Gasteiger partial charge in [-0.1, -0.05) is 72.8 Å². The number of carboxylic acid groups (broad SMARTS) is 1. The van der Waals surface area contributed by atoms with Crippen LogP contribution in [0.5, 0.6) is 0 Å². The molecule has 0 aliphatic heterocycles. The Bertz CT molecular complexity index is 1100. The zero-order valence-corrected chi connectivity index (χ0v) is 17.0. The quantitative estimate of drug-likeness (QED) is 0.650. The second kappa shape index (κ2) is 7.58. The molecular formula is C26H23NO4. The molecule has 31 heavy (non-hydrogen) atoms. The average molecular weight is 413 g/mol. The molecule has 0 saturated heterocycles. The molecule has 156 valence electrons. The van der Waals surface area contributed by atoms with Gasteiger partial charge in [0.05, 0.1) is 5.41 Å². The van der Waals surface area contributed by atoms with Crippen LogP contribution < -0.4 is 5.32 Å². The first-order valence-corrected chi connectivity index (χ1v) is 10.5. The van der Waals surface area contributed by atoms with Crippen LogP contribution in [0.15, 0.2) is 72.8 Å². The normalized spacial score (nSPS) is 15.6. The van der Waals surface area contributed by atoms with Gasteiger partial charge in [0.25, 0.3) is 0 Å². The molecule has 3 aromatic carbocycles. The average Bonchev–Trinajstić information content (AvgIpc) is 3.33. The lowest BCUT2D eigenvalue weighted by molar-refractivity contribution is -0.148. The Morgan fingerprint density at radius 3 is 1.94 bits per heavy atom. The second-order valence-corrected chi connectivity index (χ2v) is 8.39. The van der Waals surface area contributed by atoms with Gasteiger partial charge in [0.2, 0.25) is 0 Å².